The van der Waals surface area contributed by atoms with E-state index >= 15 is 0 Å². The number of nitrogens with zero attached hydrogens (tertiary/aromatic N) is 4. The molecule has 21 heavy (non-hydrogen) atoms. The van der Waals surface area contributed by atoms with E-state index < -0.39 is 7.82 Å². The summed E-state index contributed by atoms with van der Waals surface area (Å²) >= 11 is 5.95. The number of imidazole rings is 1. The van der Waals surface area contributed by atoms with Crippen LogP contribution in [0, 0.1) is 5.92 Å². The first-order valence-corrected chi connectivity index (χ1v) is 8.08. The molecule has 0 aromatic carbocycles. The van der Waals surface area contributed by atoms with Gasteiger partial charge in [0.05, 0.1) is 19.5 Å². The first-order valence-electron chi connectivity index (χ1n) is 6.20. The van der Waals surface area contributed by atoms with E-state index in [0.717, 1.165) is 0 Å². The second-order valence-corrected chi connectivity index (χ2v) is 6.51. The van der Waals surface area contributed by atoms with Gasteiger partial charge in [-0.15, -0.1) is 0 Å². The molecule has 1 saturated heterocycles. The summed E-state index contributed by atoms with van der Waals surface area (Å²) in [5.74, 6) is 0.103. The fourth-order valence-electron chi connectivity index (χ4n) is 2.06. The summed E-state index contributed by atoms with van der Waals surface area (Å²) in [6.07, 6.45) is 2.28. The molecule has 3 heterocycles. The lowest BCUT2D eigenvalue weighted by molar-refractivity contribution is 0.0534. The van der Waals surface area contributed by atoms with E-state index in [9.17, 15) is 4.57 Å². The Kier molecular flexibility index (Phi) is 3.85. The summed E-state index contributed by atoms with van der Waals surface area (Å²) in [4.78, 5) is 21.2. The highest BCUT2D eigenvalue weighted by Gasteiger charge is 2.30. The Morgan fingerprint density at radius 1 is 1.48 bits per heavy atom. The van der Waals surface area contributed by atoms with Crippen molar-refractivity contribution in [2.24, 2.45) is 5.92 Å². The van der Waals surface area contributed by atoms with Crippen molar-refractivity contribution in [1.82, 2.24) is 19.5 Å². The van der Waals surface area contributed by atoms with Crippen molar-refractivity contribution in [3.8, 4) is 0 Å². The van der Waals surface area contributed by atoms with Gasteiger partial charge in [-0.2, -0.15) is 9.97 Å². The molecule has 1 aliphatic heterocycles. The molecular formula is C10H13ClN5O4P. The number of fused-ring (bicyclic) bond motifs is 1. The van der Waals surface area contributed by atoms with E-state index in [-0.39, 0.29) is 30.2 Å². The first kappa shape index (κ1) is 14.7. The molecule has 2 aromatic rings. The van der Waals surface area contributed by atoms with Gasteiger partial charge in [-0.1, -0.05) is 11.6 Å². The van der Waals surface area contributed by atoms with Crippen LogP contribution in [0.15, 0.2) is 6.33 Å². The number of hydrogen-bond acceptors (Lipinski definition) is 7. The largest absolute Gasteiger partial charge is 0.472 e. The Bertz CT molecular complexity index is 711. The van der Waals surface area contributed by atoms with Crippen molar-refractivity contribution in [1.29, 1.82) is 0 Å². The molecule has 3 N–H and O–H groups in total. The number of halogens is 1. The average Bonchev–Trinajstić information content (AvgIpc) is 2.81. The van der Waals surface area contributed by atoms with Gasteiger partial charge in [0.2, 0.25) is 5.95 Å². The van der Waals surface area contributed by atoms with Gasteiger partial charge < -0.3 is 15.2 Å². The number of nitrogen functional groups attached to an aromatic ring is 1. The van der Waals surface area contributed by atoms with Crippen molar-refractivity contribution >= 4 is 36.5 Å². The molecule has 1 aliphatic rings. The molecule has 0 atom stereocenters. The van der Waals surface area contributed by atoms with Gasteiger partial charge in [-0.05, 0) is 6.42 Å². The van der Waals surface area contributed by atoms with Crippen molar-refractivity contribution < 1.29 is 18.5 Å². The second-order valence-electron chi connectivity index (χ2n) is 4.70. The lowest BCUT2D eigenvalue weighted by Gasteiger charge is -2.25. The van der Waals surface area contributed by atoms with Gasteiger partial charge in [-0.3, -0.25) is 9.05 Å². The quantitative estimate of drug-likeness (QED) is 0.634. The number of rotatable bonds is 3. The van der Waals surface area contributed by atoms with Crippen LogP contribution in [0.25, 0.3) is 11.2 Å². The predicted octanol–water partition coefficient (Wildman–Crippen LogP) is 1.22. The van der Waals surface area contributed by atoms with E-state index in [2.05, 4.69) is 15.0 Å². The molecule has 0 bridgehead atoms. The zero-order valence-corrected chi connectivity index (χ0v) is 12.5. The molecular weight excluding hydrogens is 321 g/mol. The molecule has 0 spiro atoms. The highest BCUT2D eigenvalue weighted by molar-refractivity contribution is 7.47. The number of nitrogens with two attached hydrogens (primary N) is 1. The predicted molar refractivity (Wildman–Crippen MR) is 74.6 cm³/mol. The van der Waals surface area contributed by atoms with Crippen LogP contribution >= 0.6 is 19.4 Å². The first-order chi connectivity index (χ1) is 9.94. The van der Waals surface area contributed by atoms with Crippen LogP contribution in [0.2, 0.25) is 5.15 Å². The SMILES string of the molecule is Nc1nc(Cl)c2ncn(CCC3COP(=O)(O)OC3)c2n1. The number of aromatic nitrogens is 4. The number of hydrogen-bond donors (Lipinski definition) is 2. The maximum atomic E-state index is 11.1. The van der Waals surface area contributed by atoms with Crippen LogP contribution in [0.5, 0.6) is 0 Å². The number of phosphoric acid groups is 1. The van der Waals surface area contributed by atoms with Crippen molar-refractivity contribution in [2.75, 3.05) is 18.9 Å². The van der Waals surface area contributed by atoms with Crippen molar-refractivity contribution in [2.45, 2.75) is 13.0 Å². The van der Waals surface area contributed by atoms with Crippen molar-refractivity contribution in [3.05, 3.63) is 11.5 Å². The molecule has 1 fully saturated rings. The average molecular weight is 334 g/mol. The van der Waals surface area contributed by atoms with Crippen LogP contribution in [0.4, 0.5) is 5.95 Å². The molecule has 0 amide bonds. The smallest absolute Gasteiger partial charge is 0.368 e. The van der Waals surface area contributed by atoms with Crippen LogP contribution < -0.4 is 5.73 Å². The second kappa shape index (κ2) is 5.51. The van der Waals surface area contributed by atoms with E-state index in [1.807, 2.05) is 0 Å². The lowest BCUT2D eigenvalue weighted by Crippen LogP contribution is -2.22. The van der Waals surface area contributed by atoms with Gasteiger partial charge >= 0.3 is 7.82 Å². The Balaban J connectivity index is 1.70. The maximum Gasteiger partial charge on any atom is 0.472 e. The summed E-state index contributed by atoms with van der Waals surface area (Å²) in [7, 11) is -3.83. The third-order valence-electron chi connectivity index (χ3n) is 3.16. The van der Waals surface area contributed by atoms with Gasteiger partial charge in [-0.25, -0.2) is 9.55 Å². The van der Waals surface area contributed by atoms with Gasteiger partial charge in [0, 0.05) is 12.5 Å². The molecule has 11 heteroatoms. The fourth-order valence-corrected chi connectivity index (χ4v) is 3.15. The zero-order valence-electron chi connectivity index (χ0n) is 10.8. The van der Waals surface area contributed by atoms with Crippen LogP contribution in [0.1, 0.15) is 6.42 Å². The Morgan fingerprint density at radius 2 is 2.19 bits per heavy atom. The maximum absolute atomic E-state index is 11.1. The Labute approximate surface area is 124 Å². The third kappa shape index (κ3) is 3.17. The summed E-state index contributed by atoms with van der Waals surface area (Å²) in [5.41, 5.74) is 6.62. The minimum Gasteiger partial charge on any atom is -0.368 e. The number of anilines is 1. The molecule has 9 nitrogen and oxygen atoms in total. The van der Waals surface area contributed by atoms with Gasteiger partial charge in [0.1, 0.15) is 5.52 Å². The fraction of sp³-hybridized carbons (Fsp3) is 0.500. The normalized spacial score (nSPS) is 26.3. The van der Waals surface area contributed by atoms with Crippen LogP contribution in [-0.2, 0) is 20.2 Å². The van der Waals surface area contributed by atoms with Crippen LogP contribution in [0.3, 0.4) is 0 Å². The Morgan fingerprint density at radius 3 is 2.90 bits per heavy atom. The summed E-state index contributed by atoms with van der Waals surface area (Å²) in [5, 5.41) is 0.210. The van der Waals surface area contributed by atoms with Crippen LogP contribution in [-0.4, -0.2) is 37.6 Å². The minimum atomic E-state index is -3.83. The highest BCUT2D eigenvalue weighted by Crippen LogP contribution is 2.47. The monoisotopic (exact) mass is 333 g/mol. The molecule has 3 rings (SSSR count). The molecule has 0 saturated carbocycles. The van der Waals surface area contributed by atoms with E-state index in [1.165, 1.54) is 0 Å². The van der Waals surface area contributed by atoms with E-state index in [1.54, 1.807) is 10.9 Å². The summed E-state index contributed by atoms with van der Waals surface area (Å²) < 4.78 is 22.5. The zero-order chi connectivity index (χ0) is 15.0. The topological polar surface area (TPSA) is 125 Å². The number of aryl methyl sites for hydroxylation is 1. The molecule has 0 aliphatic carbocycles. The summed E-state index contributed by atoms with van der Waals surface area (Å²) in [6.45, 7) is 0.937. The Hall–Kier alpha value is -1.25. The standard InChI is InChI=1S/C10H13ClN5O4P/c11-8-7-9(15-10(12)14-8)16(5-13-7)2-1-6-3-19-21(17,18)20-4-6/h5-6H,1-4H2,(H,17,18)(H2,12,14,15). The van der Waals surface area contributed by atoms with E-state index in [4.69, 9.17) is 31.3 Å². The van der Waals surface area contributed by atoms with Crippen molar-refractivity contribution in [3.63, 3.8) is 0 Å². The molecule has 114 valence electrons. The van der Waals surface area contributed by atoms with E-state index in [0.29, 0.717) is 24.1 Å². The summed E-state index contributed by atoms with van der Waals surface area (Å²) in [6, 6.07) is 0. The molecule has 0 unspecified atom stereocenters. The molecule has 0 radical (unpaired) electrons. The third-order valence-corrected chi connectivity index (χ3v) is 4.38. The highest BCUT2D eigenvalue weighted by atomic mass is 35.5. The molecule has 2 aromatic heterocycles. The lowest BCUT2D eigenvalue weighted by atomic mass is 10.1. The van der Waals surface area contributed by atoms with Gasteiger partial charge in [0.15, 0.2) is 10.8 Å². The number of phosphoric ester groups is 1. The van der Waals surface area contributed by atoms with Gasteiger partial charge in [0.25, 0.3) is 0 Å². The minimum absolute atomic E-state index is 0.0198.